The highest BCUT2D eigenvalue weighted by atomic mass is 32.2. The standard InChI is InChI=1S/C18H27F2N5O5Si.C18H27F2N5O4Si.C11H14F2N6O5S.C11H13F2N5O4.C4H8O.C2H6/c1-8(2)31(9(3)4)28-7-27-5-10-14(30-31)13(26)18(29-10)25-17-11(12(24-25)15(19)20)16(21)22-6-23-17;1-9(2)30(10(3)4)27-8-26-6-12-11(29-30)5-13(28-12)25-18-14(15(24-25)16(19)20)17(21)22-7-23-18;12-9(13)8-7-10(14)15-3-16-11(7)19(18-8)6-1-4(20)5(24-6)2-17-25(21,22)23;12-8(13)5-4-9(14)15-2-16-10(4)18(17-5)11-7(21)6(20)3(1-19)22-11;1-2-4-5-3-1;1-2/h6,8-10,13-15,18,26H,5,7H2,1-4H3,(H2,21,22,23);7,9-13,16H,5-6,8H2,1-4H3,(H2,21,22,23);3-6,9,17,20H,1-2H2,(H2,14,15,16)(H,21,22,23);2-3,6-8,11,19-21H,1H2,(H2,14,15,16);1-4H2;1-2H3/t10-,13+,14+,18+;11-,12-,13+;4-,5-,6+;3-,6+,7+,11+;;/m0000../s1. The van der Waals surface area contributed by atoms with Crippen LogP contribution in [0.15, 0.2) is 25.3 Å². The maximum Gasteiger partial charge on any atom is 0.345 e. The highest BCUT2D eigenvalue weighted by Crippen LogP contribution is 2.47. The minimum Gasteiger partial charge on any atom is -0.394 e. The molecule has 0 spiro atoms. The number of hydrogen-bond acceptors (Lipinski definition) is 34. The number of nitrogens with one attached hydrogen (secondary N) is 1. The molecule has 640 valence electrons. The van der Waals surface area contributed by atoms with Crippen LogP contribution in [0.3, 0.4) is 0 Å². The molecule has 8 aromatic rings. The number of nitrogen functional groups attached to an aromatic ring is 4. The number of alkyl halides is 8. The fourth-order valence-electron chi connectivity index (χ4n) is 14.3. The topological polar surface area (TPSA) is 548 Å². The van der Waals surface area contributed by atoms with Gasteiger partial charge in [0.15, 0.2) is 47.5 Å². The Kier molecular flexibility index (Phi) is 29.7. The van der Waals surface area contributed by atoms with Crippen LogP contribution in [0.2, 0.25) is 22.2 Å². The summed E-state index contributed by atoms with van der Waals surface area (Å²) in [5.74, 6) is -0.512. The van der Waals surface area contributed by atoms with E-state index in [0.717, 1.165) is 46.2 Å². The molecule has 7 aliphatic heterocycles. The summed E-state index contributed by atoms with van der Waals surface area (Å²) < 4.78 is 208. The van der Waals surface area contributed by atoms with E-state index in [1.807, 2.05) is 41.5 Å². The third kappa shape index (κ3) is 19.0. The molecule has 0 bridgehead atoms. The molecule has 51 heteroatoms. The van der Waals surface area contributed by atoms with Crippen molar-refractivity contribution >= 4 is 94.8 Å². The van der Waals surface area contributed by atoms with Crippen molar-refractivity contribution in [3.05, 3.63) is 48.1 Å². The van der Waals surface area contributed by atoms with Gasteiger partial charge in [-0.2, -0.15) is 33.5 Å². The largest absolute Gasteiger partial charge is 0.394 e. The average molecular weight is 1700 g/mol. The molecular weight excluding hydrogens is 1610 g/mol. The van der Waals surface area contributed by atoms with Gasteiger partial charge in [0.05, 0.1) is 59.7 Å². The van der Waals surface area contributed by atoms with Gasteiger partial charge >= 0.3 is 27.4 Å². The first-order chi connectivity index (χ1) is 54.5. The SMILES string of the molecule is C1CCOC1.CC.CC(C)[Si]1(C(C)C)OCOC[C@@H]2O[C@@H](n3nc(C(F)F)c4c(N)ncnc43)C[C@@H]2O1.CC(C)[Si]1(C(C)C)OCOC[C@@H]2O[C@@H](n3nc(C(F)F)c4c(N)ncnc43)[C@H](O)[C@@H]2O1.Nc1ncnc2c1c(C(F)F)nn2[C@@H]1O[C@@H](CO)[C@@H](O)[C@H]1O.Nc1ncnc2c1c(C(F)F)nn2[C@H]1C[C@H](O)[C@H](CNS(=O)(=O)O)O1. The van der Waals surface area contributed by atoms with Crippen molar-refractivity contribution < 1.29 is 124 Å². The van der Waals surface area contributed by atoms with Crippen molar-refractivity contribution in [1.82, 2.24) is 83.7 Å². The number of nitrogens with two attached hydrogens (primary N) is 4. The van der Waals surface area contributed by atoms with Crippen LogP contribution >= 0.6 is 0 Å². The van der Waals surface area contributed by atoms with E-state index in [9.17, 15) is 64.0 Å². The highest BCUT2D eigenvalue weighted by molar-refractivity contribution is 7.83. The van der Waals surface area contributed by atoms with Crippen molar-refractivity contribution in [3.8, 4) is 0 Å². The van der Waals surface area contributed by atoms with Crippen molar-refractivity contribution in [2.75, 3.05) is 76.1 Å². The molecule has 8 aromatic heterocycles. The zero-order valence-corrected chi connectivity index (χ0v) is 66.7. The summed E-state index contributed by atoms with van der Waals surface area (Å²) in [6, 6.07) is 0. The Bertz CT molecular complexity index is 4640. The molecule has 0 aliphatic carbocycles. The van der Waals surface area contributed by atoms with Gasteiger partial charge < -0.3 is 99.3 Å². The second-order valence-corrected chi connectivity index (χ2v) is 37.9. The zero-order valence-electron chi connectivity index (χ0n) is 63.9. The van der Waals surface area contributed by atoms with E-state index in [2.05, 4.69) is 88.0 Å². The Balaban J connectivity index is 0.000000158. The van der Waals surface area contributed by atoms with E-state index in [0.29, 0.717) is 6.42 Å². The van der Waals surface area contributed by atoms with Crippen LogP contribution in [0.25, 0.3) is 44.1 Å². The molecule has 0 aromatic carbocycles. The van der Waals surface area contributed by atoms with E-state index >= 15 is 0 Å². The van der Waals surface area contributed by atoms with Crippen LogP contribution in [0, 0.1) is 0 Å². The van der Waals surface area contributed by atoms with E-state index in [1.165, 1.54) is 23.9 Å². The van der Waals surface area contributed by atoms with Gasteiger partial charge in [-0.05, 0) is 35.0 Å². The molecule has 115 heavy (non-hydrogen) atoms. The molecule has 0 unspecified atom stereocenters. The molecule has 0 amide bonds. The van der Waals surface area contributed by atoms with Crippen molar-refractivity contribution in [1.29, 1.82) is 0 Å². The number of rotatable bonds is 16. The van der Waals surface area contributed by atoms with Crippen LogP contribution in [0.1, 0.15) is 168 Å². The first kappa shape index (κ1) is 89.8. The molecule has 7 fully saturated rings. The molecule has 7 aliphatic rings. The number of anilines is 4. The number of hydrogen-bond donors (Lipinski definition) is 11. The molecule has 15 rings (SSSR count). The van der Waals surface area contributed by atoms with Gasteiger partial charge in [0, 0.05) is 32.6 Å². The smallest absolute Gasteiger partial charge is 0.345 e. The maximum atomic E-state index is 13.6. The van der Waals surface area contributed by atoms with Gasteiger partial charge in [-0.15, -0.1) is 0 Å². The lowest BCUT2D eigenvalue weighted by atomic mass is 10.1. The summed E-state index contributed by atoms with van der Waals surface area (Å²) in [6.07, 6.45) is -17.5. The summed E-state index contributed by atoms with van der Waals surface area (Å²) in [4.78, 5) is 30.8. The van der Waals surface area contributed by atoms with Crippen LogP contribution in [-0.2, 0) is 61.2 Å². The van der Waals surface area contributed by atoms with Crippen LogP contribution in [0.5, 0.6) is 0 Å². The van der Waals surface area contributed by atoms with Gasteiger partial charge in [0.25, 0.3) is 25.7 Å². The summed E-state index contributed by atoms with van der Waals surface area (Å²) in [6.45, 7) is 22.0. The molecule has 15 heterocycles. The Morgan fingerprint density at radius 1 is 0.487 bits per heavy atom. The summed E-state index contributed by atoms with van der Waals surface area (Å²) >= 11 is 0. The van der Waals surface area contributed by atoms with E-state index in [-0.39, 0.29) is 135 Å². The van der Waals surface area contributed by atoms with Gasteiger partial charge in [-0.1, -0.05) is 69.2 Å². The lowest BCUT2D eigenvalue weighted by Gasteiger charge is -2.42. The fraction of sp³-hybridized carbons (Fsp3) is 0.688. The lowest BCUT2D eigenvalue weighted by Crippen LogP contribution is -2.56. The third-order valence-corrected chi connectivity index (χ3v) is 29.1. The quantitative estimate of drug-likeness (QED) is 0.0313. The average Bonchev–Trinajstić information content (AvgIpc) is 1.64. The molecule has 0 saturated carbocycles. The number of ether oxygens (including phenoxy) is 7. The van der Waals surface area contributed by atoms with Crippen molar-refractivity contribution in [2.45, 2.75) is 229 Å². The first-order valence-corrected chi connectivity index (χ1v) is 42.0. The number of nitrogens with zero attached hydrogens (tertiary/aromatic N) is 16. The summed E-state index contributed by atoms with van der Waals surface area (Å²) in [5.41, 5.74) is 21.3. The minimum absolute atomic E-state index is 0.00314. The summed E-state index contributed by atoms with van der Waals surface area (Å²) in [5, 5.41) is 65.2. The third-order valence-electron chi connectivity index (χ3n) is 19.7. The van der Waals surface area contributed by atoms with Gasteiger partial charge in [0.1, 0.15) is 128 Å². The highest BCUT2D eigenvalue weighted by Gasteiger charge is 2.57. The predicted octanol–water partition coefficient (Wildman–Crippen LogP) is 5.71. The normalized spacial score (nSPS) is 26.8. The predicted molar refractivity (Wildman–Crippen MR) is 391 cm³/mol. The molecular formula is C64H95F8N21O19SSi2. The first-order valence-electron chi connectivity index (χ1n) is 36.6. The second kappa shape index (κ2) is 38.1. The number of halogens is 8. The maximum absolute atomic E-state index is 13.6. The van der Waals surface area contributed by atoms with Gasteiger partial charge in [-0.25, -0.2) is 93.7 Å². The fourth-order valence-corrected chi connectivity index (χ4v) is 21.8. The van der Waals surface area contributed by atoms with Gasteiger partial charge in [0.2, 0.25) is 0 Å². The molecule has 40 nitrogen and oxygen atoms in total. The Morgan fingerprint density at radius 3 is 1.24 bits per heavy atom. The van der Waals surface area contributed by atoms with E-state index < -0.39 is 163 Å². The number of aromatic nitrogens is 16. The number of fused-ring (bicyclic) bond motifs is 6. The molecule has 0 radical (unpaired) electrons. The van der Waals surface area contributed by atoms with Crippen molar-refractivity contribution in [3.63, 3.8) is 0 Å². The number of aliphatic hydroxyl groups excluding tert-OH is 5. The monoisotopic (exact) mass is 1700 g/mol. The molecule has 14 atom stereocenters. The van der Waals surface area contributed by atoms with Gasteiger partial charge in [-0.3, -0.25) is 4.55 Å². The summed E-state index contributed by atoms with van der Waals surface area (Å²) in [7, 11) is -9.89. The van der Waals surface area contributed by atoms with Crippen molar-refractivity contribution in [2.24, 2.45) is 0 Å². The van der Waals surface area contributed by atoms with E-state index in [4.69, 9.17) is 83.5 Å². The molecule has 15 N–H and O–H groups in total. The van der Waals surface area contributed by atoms with E-state index in [1.54, 1.807) is 4.72 Å². The minimum atomic E-state index is -4.46. The lowest BCUT2D eigenvalue weighted by molar-refractivity contribution is -0.116. The van der Waals surface area contributed by atoms with Crippen LogP contribution in [0.4, 0.5) is 58.4 Å². The number of aliphatic hydroxyl groups is 5. The van der Waals surface area contributed by atoms with Crippen LogP contribution in [-0.4, -0.2) is 249 Å². The Morgan fingerprint density at radius 2 is 0.870 bits per heavy atom. The zero-order chi connectivity index (χ0) is 84.0. The Hall–Kier alpha value is -7.50. The second-order valence-electron chi connectivity index (χ2n) is 28.1. The van der Waals surface area contributed by atoms with Crippen LogP contribution < -0.4 is 27.7 Å². The Labute approximate surface area is 653 Å². The molecule has 7 saturated heterocycles.